The maximum Gasteiger partial charge on any atom is 0.222 e. The Kier molecular flexibility index (Phi) is 9.82. The normalized spacial score (nSPS) is 17.5. The van der Waals surface area contributed by atoms with E-state index in [-0.39, 0.29) is 35.9 Å². The highest BCUT2D eigenvalue weighted by molar-refractivity contribution is 14.0. The maximum absolute atomic E-state index is 11.8. The number of halogens is 1. The van der Waals surface area contributed by atoms with E-state index in [0.29, 0.717) is 6.42 Å². The van der Waals surface area contributed by atoms with Gasteiger partial charge in [0.15, 0.2) is 5.96 Å². The van der Waals surface area contributed by atoms with Gasteiger partial charge in [-0.3, -0.25) is 9.79 Å². The lowest BCUT2D eigenvalue weighted by Crippen LogP contribution is -2.45. The van der Waals surface area contributed by atoms with Crippen LogP contribution in [0.2, 0.25) is 0 Å². The lowest BCUT2D eigenvalue weighted by Gasteiger charge is -2.19. The molecule has 1 fully saturated rings. The zero-order valence-corrected chi connectivity index (χ0v) is 16.9. The van der Waals surface area contributed by atoms with Crippen molar-refractivity contribution in [3.63, 3.8) is 0 Å². The lowest BCUT2D eigenvalue weighted by molar-refractivity contribution is -0.129. The zero-order chi connectivity index (χ0) is 16.5. The van der Waals surface area contributed by atoms with Gasteiger partial charge in [0.05, 0.1) is 6.26 Å². The number of nitrogens with zero attached hydrogens (tertiary/aromatic N) is 2. The van der Waals surface area contributed by atoms with Crippen molar-refractivity contribution in [2.75, 3.05) is 26.2 Å². The van der Waals surface area contributed by atoms with Crippen molar-refractivity contribution in [2.45, 2.75) is 45.6 Å². The fourth-order valence-corrected chi connectivity index (χ4v) is 2.66. The molecule has 1 amide bonds. The molecule has 0 aliphatic carbocycles. The smallest absolute Gasteiger partial charge is 0.222 e. The molecule has 0 spiro atoms. The number of hydrogen-bond acceptors (Lipinski definition) is 3. The molecular weight excluding hydrogens is 419 g/mol. The van der Waals surface area contributed by atoms with Crippen LogP contribution < -0.4 is 10.6 Å². The Bertz CT molecular complexity index is 505. The fourth-order valence-electron chi connectivity index (χ4n) is 2.66. The van der Waals surface area contributed by atoms with Gasteiger partial charge in [-0.2, -0.15) is 0 Å². The van der Waals surface area contributed by atoms with Crippen LogP contribution in [-0.2, 0) is 11.2 Å². The molecule has 1 unspecified atom stereocenters. The zero-order valence-electron chi connectivity index (χ0n) is 14.6. The maximum atomic E-state index is 11.8. The van der Waals surface area contributed by atoms with E-state index in [0.717, 1.165) is 57.2 Å². The van der Waals surface area contributed by atoms with Crippen LogP contribution in [0.5, 0.6) is 0 Å². The van der Waals surface area contributed by atoms with Gasteiger partial charge in [0.1, 0.15) is 5.76 Å². The molecule has 136 valence electrons. The predicted molar refractivity (Wildman–Crippen MR) is 107 cm³/mol. The summed E-state index contributed by atoms with van der Waals surface area (Å²) >= 11 is 0. The van der Waals surface area contributed by atoms with Gasteiger partial charge < -0.3 is 20.0 Å². The third-order valence-corrected chi connectivity index (χ3v) is 3.92. The largest absolute Gasteiger partial charge is 0.469 e. The summed E-state index contributed by atoms with van der Waals surface area (Å²) in [6.45, 7) is 7.18. The summed E-state index contributed by atoms with van der Waals surface area (Å²) in [6, 6.07) is 4.15. The number of amides is 1. The van der Waals surface area contributed by atoms with Crippen LogP contribution in [0.1, 0.15) is 38.9 Å². The first-order chi connectivity index (χ1) is 11.2. The van der Waals surface area contributed by atoms with Gasteiger partial charge >= 0.3 is 0 Å². The van der Waals surface area contributed by atoms with Crippen LogP contribution in [0.4, 0.5) is 0 Å². The monoisotopic (exact) mass is 448 g/mol. The Balaban J connectivity index is 0.00000288. The first-order valence-corrected chi connectivity index (χ1v) is 8.58. The minimum Gasteiger partial charge on any atom is -0.469 e. The summed E-state index contributed by atoms with van der Waals surface area (Å²) in [5.41, 5.74) is 0. The molecule has 0 aromatic carbocycles. The van der Waals surface area contributed by atoms with E-state index in [1.54, 1.807) is 6.26 Å². The van der Waals surface area contributed by atoms with E-state index in [1.165, 1.54) is 0 Å². The van der Waals surface area contributed by atoms with Crippen LogP contribution in [0.3, 0.4) is 0 Å². The van der Waals surface area contributed by atoms with Gasteiger partial charge in [0.2, 0.25) is 5.91 Å². The standard InChI is InChI=1S/C17H28N4O2.HI/c1-3-9-18-17(19-10-7-15-6-5-12-23-15)20-14-8-11-21(13-14)16(22)4-2;/h5-6,12,14H,3-4,7-11,13H2,1-2H3,(H2,18,19,20);1H. The van der Waals surface area contributed by atoms with Crippen molar-refractivity contribution in [2.24, 2.45) is 4.99 Å². The summed E-state index contributed by atoms with van der Waals surface area (Å²) in [4.78, 5) is 18.3. The quantitative estimate of drug-likeness (QED) is 0.382. The molecule has 24 heavy (non-hydrogen) atoms. The van der Waals surface area contributed by atoms with Crippen LogP contribution in [0.15, 0.2) is 27.8 Å². The number of aliphatic imine (C=N–C) groups is 1. The Morgan fingerprint density at radius 2 is 2.29 bits per heavy atom. The predicted octanol–water partition coefficient (Wildman–Crippen LogP) is 2.40. The minimum atomic E-state index is 0. The second-order valence-corrected chi connectivity index (χ2v) is 5.81. The summed E-state index contributed by atoms with van der Waals surface area (Å²) in [6.07, 6.45) is 5.07. The Hall–Kier alpha value is -1.25. The van der Waals surface area contributed by atoms with Crippen molar-refractivity contribution in [1.82, 2.24) is 15.5 Å². The topological polar surface area (TPSA) is 69.9 Å². The summed E-state index contributed by atoms with van der Waals surface area (Å²) in [5, 5.41) is 6.81. The van der Waals surface area contributed by atoms with Gasteiger partial charge in [0, 0.05) is 45.1 Å². The molecule has 1 aliphatic rings. The van der Waals surface area contributed by atoms with Crippen molar-refractivity contribution >= 4 is 35.8 Å². The Labute approximate surface area is 161 Å². The van der Waals surface area contributed by atoms with Crippen molar-refractivity contribution in [3.8, 4) is 0 Å². The lowest BCUT2D eigenvalue weighted by atomic mass is 10.3. The first kappa shape index (κ1) is 20.8. The number of hydrogen-bond donors (Lipinski definition) is 2. The summed E-state index contributed by atoms with van der Waals surface area (Å²) < 4.78 is 5.34. The average molecular weight is 448 g/mol. The van der Waals surface area contributed by atoms with Gasteiger partial charge in [-0.1, -0.05) is 13.8 Å². The second kappa shape index (κ2) is 11.3. The van der Waals surface area contributed by atoms with E-state index in [4.69, 9.17) is 4.42 Å². The van der Waals surface area contributed by atoms with E-state index in [2.05, 4.69) is 22.5 Å². The van der Waals surface area contributed by atoms with E-state index < -0.39 is 0 Å². The third kappa shape index (κ3) is 6.70. The molecule has 6 nitrogen and oxygen atoms in total. The second-order valence-electron chi connectivity index (χ2n) is 5.81. The molecule has 0 bridgehead atoms. The Morgan fingerprint density at radius 3 is 2.96 bits per heavy atom. The number of likely N-dealkylation sites (tertiary alicyclic amines) is 1. The average Bonchev–Trinajstić information content (AvgIpc) is 3.23. The fraction of sp³-hybridized carbons (Fsp3) is 0.647. The van der Waals surface area contributed by atoms with Gasteiger partial charge in [-0.25, -0.2) is 0 Å². The van der Waals surface area contributed by atoms with Crippen LogP contribution in [0, 0.1) is 0 Å². The van der Waals surface area contributed by atoms with Crippen LogP contribution in [-0.4, -0.2) is 49.0 Å². The third-order valence-electron chi connectivity index (χ3n) is 3.92. The number of furan rings is 1. The van der Waals surface area contributed by atoms with E-state index >= 15 is 0 Å². The minimum absolute atomic E-state index is 0. The molecule has 1 atom stereocenters. The molecule has 0 saturated carbocycles. The molecule has 2 heterocycles. The van der Waals surface area contributed by atoms with Crippen molar-refractivity contribution < 1.29 is 9.21 Å². The molecule has 7 heteroatoms. The number of carbonyl (C=O) groups is 1. The highest BCUT2D eigenvalue weighted by Gasteiger charge is 2.25. The highest BCUT2D eigenvalue weighted by Crippen LogP contribution is 2.10. The number of rotatable bonds is 7. The molecule has 1 aliphatic heterocycles. The molecule has 1 aromatic heterocycles. The van der Waals surface area contributed by atoms with E-state index in [9.17, 15) is 4.79 Å². The van der Waals surface area contributed by atoms with Crippen LogP contribution in [0.25, 0.3) is 0 Å². The van der Waals surface area contributed by atoms with Crippen molar-refractivity contribution in [1.29, 1.82) is 0 Å². The summed E-state index contributed by atoms with van der Waals surface area (Å²) in [7, 11) is 0. The molecule has 2 rings (SSSR count). The molecule has 1 saturated heterocycles. The van der Waals surface area contributed by atoms with Gasteiger partial charge in [-0.05, 0) is 25.0 Å². The molecule has 0 radical (unpaired) electrons. The van der Waals surface area contributed by atoms with Gasteiger partial charge in [-0.15, -0.1) is 24.0 Å². The summed E-state index contributed by atoms with van der Waals surface area (Å²) in [5.74, 6) is 2.02. The van der Waals surface area contributed by atoms with Crippen molar-refractivity contribution in [3.05, 3.63) is 24.2 Å². The number of guanidine groups is 1. The van der Waals surface area contributed by atoms with Crippen LogP contribution >= 0.6 is 24.0 Å². The number of carbonyl (C=O) groups excluding carboxylic acids is 1. The molecule has 2 N–H and O–H groups in total. The highest BCUT2D eigenvalue weighted by atomic mass is 127. The molecular formula is C17H29IN4O2. The number of nitrogens with one attached hydrogen (secondary N) is 2. The Morgan fingerprint density at radius 1 is 1.46 bits per heavy atom. The molecule has 1 aromatic rings. The SMILES string of the molecule is CCCN=C(NCCc1ccco1)NC1CCN(C(=O)CC)C1.I. The van der Waals surface area contributed by atoms with E-state index in [1.807, 2.05) is 24.0 Å². The first-order valence-electron chi connectivity index (χ1n) is 8.58. The van der Waals surface area contributed by atoms with Gasteiger partial charge in [0.25, 0.3) is 0 Å².